The van der Waals surface area contributed by atoms with Crippen LogP contribution < -0.4 is 5.43 Å². The minimum Gasteiger partial charge on any atom is -0.448 e. The first-order chi connectivity index (χ1) is 7.41. The van der Waals surface area contributed by atoms with Crippen LogP contribution in [0.4, 0.5) is 13.2 Å². The highest BCUT2D eigenvalue weighted by Crippen LogP contribution is 2.33. The van der Waals surface area contributed by atoms with Gasteiger partial charge >= 0.3 is 6.18 Å². The smallest absolute Gasteiger partial charge is 0.424 e. The summed E-state index contributed by atoms with van der Waals surface area (Å²) in [6.07, 6.45) is -4.73. The minimum atomic E-state index is -4.73. The lowest BCUT2D eigenvalue weighted by Crippen LogP contribution is -2.19. The van der Waals surface area contributed by atoms with Crippen molar-refractivity contribution in [2.75, 3.05) is 0 Å². The summed E-state index contributed by atoms with van der Waals surface area (Å²) in [6.45, 7) is 0. The van der Waals surface area contributed by atoms with Crippen LogP contribution >= 0.6 is 15.9 Å². The molecule has 84 valence electrons. The lowest BCUT2D eigenvalue weighted by atomic mass is 10.2. The number of hydrogen-bond acceptors (Lipinski definition) is 2. The number of halogens is 4. The normalized spacial score (nSPS) is 12.0. The van der Waals surface area contributed by atoms with Crippen LogP contribution in [-0.2, 0) is 6.18 Å². The quantitative estimate of drug-likeness (QED) is 0.743. The van der Waals surface area contributed by atoms with E-state index in [0.29, 0.717) is 0 Å². The molecular weight excluding hydrogens is 289 g/mol. The van der Waals surface area contributed by atoms with E-state index in [1.807, 2.05) is 0 Å². The van der Waals surface area contributed by atoms with Crippen LogP contribution in [0.3, 0.4) is 0 Å². The Morgan fingerprint density at radius 3 is 2.44 bits per heavy atom. The van der Waals surface area contributed by atoms with Crippen LogP contribution in [0.25, 0.3) is 11.0 Å². The number of para-hydroxylation sites is 1. The first kappa shape index (κ1) is 11.2. The highest BCUT2D eigenvalue weighted by molar-refractivity contribution is 9.10. The van der Waals surface area contributed by atoms with Gasteiger partial charge in [0.05, 0.1) is 5.39 Å². The van der Waals surface area contributed by atoms with Crippen molar-refractivity contribution < 1.29 is 17.6 Å². The third-order valence-corrected chi connectivity index (χ3v) is 2.60. The summed E-state index contributed by atoms with van der Waals surface area (Å²) in [7, 11) is 0. The van der Waals surface area contributed by atoms with Crippen molar-refractivity contribution in [2.45, 2.75) is 6.18 Å². The third kappa shape index (κ3) is 1.73. The second-order valence-electron chi connectivity index (χ2n) is 3.07. The Kier molecular flexibility index (Phi) is 2.53. The predicted molar refractivity (Wildman–Crippen MR) is 55.2 cm³/mol. The van der Waals surface area contributed by atoms with E-state index in [1.165, 1.54) is 18.2 Å². The highest BCUT2D eigenvalue weighted by Gasteiger charge is 2.38. The van der Waals surface area contributed by atoms with Crippen LogP contribution in [0, 0.1) is 0 Å². The second-order valence-corrected chi connectivity index (χ2v) is 3.79. The summed E-state index contributed by atoms with van der Waals surface area (Å²) in [6, 6.07) is 5.78. The van der Waals surface area contributed by atoms with Gasteiger partial charge in [-0.1, -0.05) is 12.1 Å². The van der Waals surface area contributed by atoms with Gasteiger partial charge in [0, 0.05) is 0 Å². The van der Waals surface area contributed by atoms with Gasteiger partial charge in [-0.25, -0.2) is 0 Å². The monoisotopic (exact) mass is 292 g/mol. The molecule has 2 aromatic rings. The summed E-state index contributed by atoms with van der Waals surface area (Å²) in [5.74, 6) is 0. The maximum absolute atomic E-state index is 12.5. The van der Waals surface area contributed by atoms with E-state index in [2.05, 4.69) is 15.9 Å². The van der Waals surface area contributed by atoms with Gasteiger partial charge in [-0.3, -0.25) is 4.79 Å². The van der Waals surface area contributed by atoms with Crippen molar-refractivity contribution >= 4 is 26.9 Å². The van der Waals surface area contributed by atoms with Crippen LogP contribution in [0.2, 0.25) is 0 Å². The van der Waals surface area contributed by atoms with Gasteiger partial charge < -0.3 is 4.42 Å². The number of fused-ring (bicyclic) bond motifs is 1. The van der Waals surface area contributed by atoms with E-state index < -0.39 is 21.8 Å². The van der Waals surface area contributed by atoms with Gasteiger partial charge in [0.25, 0.3) is 0 Å². The Labute approximate surface area is 95.8 Å². The maximum Gasteiger partial charge on any atom is 0.424 e. The van der Waals surface area contributed by atoms with Crippen molar-refractivity contribution in [3.8, 4) is 0 Å². The molecule has 6 heteroatoms. The van der Waals surface area contributed by atoms with E-state index in [9.17, 15) is 18.0 Å². The van der Waals surface area contributed by atoms with Gasteiger partial charge in [-0.05, 0) is 28.1 Å². The van der Waals surface area contributed by atoms with Gasteiger partial charge in [0.2, 0.25) is 5.43 Å². The molecule has 0 aliphatic heterocycles. The molecular formula is C10H4BrF3O2. The molecule has 0 amide bonds. The average molecular weight is 293 g/mol. The summed E-state index contributed by atoms with van der Waals surface area (Å²) < 4.78 is 41.9. The summed E-state index contributed by atoms with van der Waals surface area (Å²) >= 11 is 2.62. The molecule has 0 bridgehead atoms. The number of rotatable bonds is 0. The van der Waals surface area contributed by atoms with Crippen molar-refractivity contribution in [3.63, 3.8) is 0 Å². The van der Waals surface area contributed by atoms with Gasteiger partial charge in [-0.15, -0.1) is 0 Å². The molecule has 16 heavy (non-hydrogen) atoms. The Hall–Kier alpha value is -1.30. The third-order valence-electron chi connectivity index (χ3n) is 2.04. The van der Waals surface area contributed by atoms with Crippen molar-refractivity contribution in [1.82, 2.24) is 0 Å². The molecule has 2 nitrogen and oxygen atoms in total. The first-order valence-electron chi connectivity index (χ1n) is 4.20. The highest BCUT2D eigenvalue weighted by atomic mass is 79.9. The van der Waals surface area contributed by atoms with Crippen LogP contribution in [0.1, 0.15) is 5.56 Å². The van der Waals surface area contributed by atoms with Gasteiger partial charge in [-0.2, -0.15) is 13.2 Å². The zero-order chi connectivity index (χ0) is 11.9. The van der Waals surface area contributed by atoms with Crippen molar-refractivity contribution in [3.05, 3.63) is 44.7 Å². The fourth-order valence-corrected chi connectivity index (χ4v) is 1.93. The Morgan fingerprint density at radius 2 is 1.81 bits per heavy atom. The SMILES string of the molecule is O=c1c(C(F)(F)F)c(Br)oc2ccccc12. The van der Waals surface area contributed by atoms with Crippen molar-refractivity contribution in [2.24, 2.45) is 0 Å². The molecule has 0 fully saturated rings. The average Bonchev–Trinajstić information content (AvgIpc) is 2.15. The number of alkyl halides is 3. The molecule has 0 atom stereocenters. The van der Waals surface area contributed by atoms with Crippen LogP contribution in [0.15, 0.2) is 38.1 Å². The zero-order valence-electron chi connectivity index (χ0n) is 7.64. The predicted octanol–water partition coefficient (Wildman–Crippen LogP) is 3.57. The molecule has 0 aliphatic carbocycles. The second kappa shape index (κ2) is 3.62. The fraction of sp³-hybridized carbons (Fsp3) is 0.100. The molecule has 0 aliphatic rings. The molecule has 2 rings (SSSR count). The maximum atomic E-state index is 12.5. The molecule has 0 saturated heterocycles. The molecule has 1 aromatic carbocycles. The first-order valence-corrected chi connectivity index (χ1v) is 4.99. The zero-order valence-corrected chi connectivity index (χ0v) is 9.22. The topological polar surface area (TPSA) is 30.2 Å². The summed E-state index contributed by atoms with van der Waals surface area (Å²) in [5.41, 5.74) is -2.28. The lowest BCUT2D eigenvalue weighted by Gasteiger charge is -2.08. The van der Waals surface area contributed by atoms with Gasteiger partial charge in [0.15, 0.2) is 10.2 Å². The fourth-order valence-electron chi connectivity index (χ4n) is 1.35. The van der Waals surface area contributed by atoms with Gasteiger partial charge in [0.1, 0.15) is 5.58 Å². The Morgan fingerprint density at radius 1 is 1.19 bits per heavy atom. The number of benzene rings is 1. The van der Waals surface area contributed by atoms with E-state index in [4.69, 9.17) is 4.42 Å². The molecule has 0 saturated carbocycles. The lowest BCUT2D eigenvalue weighted by molar-refractivity contribution is -0.140. The molecule has 0 radical (unpaired) electrons. The molecule has 0 N–H and O–H groups in total. The molecule has 1 aromatic heterocycles. The number of hydrogen-bond donors (Lipinski definition) is 0. The molecule has 0 unspecified atom stereocenters. The molecule has 0 spiro atoms. The largest absolute Gasteiger partial charge is 0.448 e. The van der Waals surface area contributed by atoms with E-state index in [1.54, 1.807) is 6.07 Å². The summed E-state index contributed by atoms with van der Waals surface area (Å²) in [4.78, 5) is 11.6. The molecule has 1 heterocycles. The van der Waals surface area contributed by atoms with Crippen molar-refractivity contribution in [1.29, 1.82) is 0 Å². The minimum absolute atomic E-state index is 0.0852. The van der Waals surface area contributed by atoms with Crippen LogP contribution in [-0.4, -0.2) is 0 Å². The Balaban J connectivity index is 2.92. The standard InChI is InChI=1S/C10H4BrF3O2/c11-9-7(10(12,13)14)8(15)5-3-1-2-4-6(5)16-9/h1-4H. The van der Waals surface area contributed by atoms with Crippen LogP contribution in [0.5, 0.6) is 0 Å². The van der Waals surface area contributed by atoms with E-state index >= 15 is 0 Å². The Bertz CT molecular complexity index is 601. The van der Waals surface area contributed by atoms with E-state index in [0.717, 1.165) is 0 Å². The summed E-state index contributed by atoms with van der Waals surface area (Å²) in [5, 5.41) is -0.0852. The van der Waals surface area contributed by atoms with E-state index in [-0.39, 0.29) is 11.0 Å².